The van der Waals surface area contributed by atoms with Crippen molar-refractivity contribution in [3.05, 3.63) is 60.7 Å². The normalized spacial score (nSPS) is 12.4. The smallest absolute Gasteiger partial charge is 0.152 e. The maximum Gasteiger partial charge on any atom is 0.152 e. The highest BCUT2D eigenvalue weighted by Gasteiger charge is 2.35. The van der Waals surface area contributed by atoms with Crippen molar-refractivity contribution in [3.63, 3.8) is 0 Å². The first-order valence-electron chi connectivity index (χ1n) is 6.21. The molecule has 1 atom stereocenters. The van der Waals surface area contributed by atoms with Gasteiger partial charge < -0.3 is 0 Å². The number of benzene rings is 2. The summed E-state index contributed by atoms with van der Waals surface area (Å²) in [4.78, 5) is 11.9. The molecule has 0 aliphatic heterocycles. The summed E-state index contributed by atoms with van der Waals surface area (Å²) in [5.74, 6) is -0.163. The second-order valence-corrected chi connectivity index (χ2v) is 9.06. The molecule has 0 radical (unpaired) electrons. The van der Waals surface area contributed by atoms with Gasteiger partial charge in [-0.25, -0.2) is 0 Å². The van der Waals surface area contributed by atoms with Crippen LogP contribution in [-0.4, -0.2) is 11.4 Å². The second kappa shape index (κ2) is 6.13. The van der Waals surface area contributed by atoms with E-state index in [1.54, 1.807) is 0 Å². The van der Waals surface area contributed by atoms with Crippen LogP contribution in [0.3, 0.4) is 0 Å². The van der Waals surface area contributed by atoms with Crippen LogP contribution in [0.2, 0.25) is 0 Å². The molecule has 0 heterocycles. The van der Waals surface area contributed by atoms with Gasteiger partial charge in [-0.05, 0) is 17.5 Å². The summed E-state index contributed by atoms with van der Waals surface area (Å²) in [6.07, 6.45) is 0. The molecule has 0 bridgehead atoms. The average Bonchev–Trinajstić information content (AvgIpc) is 2.49. The first-order chi connectivity index (χ1) is 9.60. The number of Topliss-reactive ketones (excluding diaryl/α,β-unsaturated/α-hetero) is 1. The van der Waals surface area contributed by atoms with Crippen molar-refractivity contribution in [2.75, 3.05) is 0 Å². The number of carbonyl (C=O) groups excluding carboxylic acids is 1. The van der Waals surface area contributed by atoms with Gasteiger partial charge in [-0.2, -0.15) is 5.26 Å². The van der Waals surface area contributed by atoms with Gasteiger partial charge in [0.2, 0.25) is 0 Å². The first kappa shape index (κ1) is 14.7. The van der Waals surface area contributed by atoms with Gasteiger partial charge >= 0.3 is 0 Å². The van der Waals surface area contributed by atoms with Crippen molar-refractivity contribution < 1.29 is 4.79 Å². The van der Waals surface area contributed by atoms with E-state index >= 15 is 0 Å². The van der Waals surface area contributed by atoms with Gasteiger partial charge in [0.05, 0.1) is 6.07 Å². The quantitative estimate of drug-likeness (QED) is 0.815. The van der Waals surface area contributed by atoms with Gasteiger partial charge in [0, 0.05) is 6.04 Å². The summed E-state index contributed by atoms with van der Waals surface area (Å²) in [6.45, 7) is 1.45. The van der Waals surface area contributed by atoms with Crippen molar-refractivity contribution in [1.29, 1.82) is 5.26 Å². The summed E-state index contributed by atoms with van der Waals surface area (Å²) in [5.41, 5.74) is -0.776. The number of nitriles is 1. The van der Waals surface area contributed by atoms with Crippen LogP contribution in [0.1, 0.15) is 6.92 Å². The number of hydrogen-bond acceptors (Lipinski definition) is 3. The van der Waals surface area contributed by atoms with Crippen LogP contribution in [0.4, 0.5) is 0 Å². The second-order valence-electron chi connectivity index (χ2n) is 4.47. The predicted molar refractivity (Wildman–Crippen MR) is 86.5 cm³/mol. The molecule has 0 aliphatic rings. The molecule has 0 spiro atoms. The van der Waals surface area contributed by atoms with Crippen molar-refractivity contribution in [2.45, 2.75) is 12.6 Å². The summed E-state index contributed by atoms with van der Waals surface area (Å²) in [5, 5.41) is 11.3. The maximum atomic E-state index is 11.9. The average molecular weight is 299 g/mol. The highest BCUT2D eigenvalue weighted by molar-refractivity contribution is 8.22. The van der Waals surface area contributed by atoms with Crippen molar-refractivity contribution >= 4 is 34.2 Å². The molecule has 2 rings (SSSR count). The van der Waals surface area contributed by atoms with Crippen molar-refractivity contribution in [3.8, 4) is 6.07 Å². The maximum absolute atomic E-state index is 11.9. The lowest BCUT2D eigenvalue weighted by molar-refractivity contribution is -0.115. The highest BCUT2D eigenvalue weighted by Crippen LogP contribution is 2.49. The molecule has 2 aromatic rings. The Morgan fingerprint density at radius 2 is 1.45 bits per heavy atom. The largest absolute Gasteiger partial charge is 0.298 e. The molecule has 100 valence electrons. The minimum Gasteiger partial charge on any atom is -0.298 e. The lowest BCUT2D eigenvalue weighted by Crippen LogP contribution is -2.29. The molecule has 2 nitrogen and oxygen atoms in total. The summed E-state index contributed by atoms with van der Waals surface area (Å²) in [7, 11) is 0. The van der Waals surface area contributed by atoms with E-state index in [2.05, 4.69) is 6.07 Å². The molecule has 0 aromatic heterocycles. The van der Waals surface area contributed by atoms with Gasteiger partial charge in [0.15, 0.2) is 5.78 Å². The van der Waals surface area contributed by atoms with E-state index in [9.17, 15) is 10.1 Å². The van der Waals surface area contributed by atoms with Crippen molar-refractivity contribution in [1.82, 2.24) is 0 Å². The fourth-order valence-corrected chi connectivity index (χ4v) is 6.29. The van der Waals surface area contributed by atoms with Crippen LogP contribution in [-0.2, 0) is 16.6 Å². The monoisotopic (exact) mass is 299 g/mol. The van der Waals surface area contributed by atoms with Crippen molar-refractivity contribution in [2.24, 2.45) is 0 Å². The first-order valence-corrected chi connectivity index (χ1v) is 9.09. The minimum absolute atomic E-state index is 0.163. The highest BCUT2D eigenvalue weighted by atomic mass is 32.4. The molecule has 2 aromatic carbocycles. The Morgan fingerprint density at radius 1 is 1.05 bits per heavy atom. The summed E-state index contributed by atoms with van der Waals surface area (Å²) < 4.78 is 0. The van der Waals surface area contributed by atoms with E-state index in [0.29, 0.717) is 0 Å². The van der Waals surface area contributed by atoms with Crippen LogP contribution in [0.25, 0.3) is 0 Å². The SMILES string of the molecule is CC(=O)C(C#N)P(=S)(c1ccccc1)c1ccccc1. The van der Waals surface area contributed by atoms with E-state index in [-0.39, 0.29) is 5.78 Å². The van der Waals surface area contributed by atoms with E-state index < -0.39 is 11.7 Å². The third-order valence-corrected chi connectivity index (χ3v) is 8.38. The Balaban J connectivity index is 2.71. The third kappa shape index (κ3) is 2.58. The standard InChI is InChI=1S/C16H14NOPS/c1-13(18)16(12-17)19(20,14-8-4-2-5-9-14)15-10-6-3-7-11-15/h2-11,16H,1H3. The number of hydrogen-bond donors (Lipinski definition) is 0. The molecular formula is C16H14NOPS. The van der Waals surface area contributed by atoms with Crippen LogP contribution in [0.15, 0.2) is 60.7 Å². The molecule has 0 saturated carbocycles. The van der Waals surface area contributed by atoms with Crippen LogP contribution in [0, 0.1) is 11.3 Å². The zero-order valence-electron chi connectivity index (χ0n) is 11.1. The lowest BCUT2D eigenvalue weighted by atomic mass is 10.3. The number of ketones is 1. The van der Waals surface area contributed by atoms with Crippen LogP contribution in [0.5, 0.6) is 0 Å². The Labute approximate surface area is 124 Å². The Kier molecular flexibility index (Phi) is 4.49. The zero-order chi connectivity index (χ0) is 14.6. The van der Waals surface area contributed by atoms with E-state index in [1.807, 2.05) is 60.7 Å². The zero-order valence-corrected chi connectivity index (χ0v) is 12.8. The van der Waals surface area contributed by atoms with Crippen LogP contribution >= 0.6 is 6.04 Å². The van der Waals surface area contributed by atoms with Gasteiger partial charge in [-0.15, -0.1) is 0 Å². The fraction of sp³-hybridized carbons (Fsp3) is 0.125. The molecule has 4 heteroatoms. The third-order valence-electron chi connectivity index (χ3n) is 3.15. The molecular weight excluding hydrogens is 285 g/mol. The lowest BCUT2D eigenvalue weighted by Gasteiger charge is -2.26. The Hall–Kier alpha value is -1.75. The minimum atomic E-state index is -2.47. The van der Waals surface area contributed by atoms with Crippen LogP contribution < -0.4 is 10.6 Å². The molecule has 20 heavy (non-hydrogen) atoms. The Morgan fingerprint density at radius 3 is 1.75 bits per heavy atom. The number of nitrogens with zero attached hydrogens (tertiary/aromatic N) is 1. The molecule has 0 fully saturated rings. The molecule has 0 amide bonds. The summed E-state index contributed by atoms with van der Waals surface area (Å²) >= 11 is 5.90. The van der Waals surface area contributed by atoms with E-state index in [1.165, 1.54) is 6.92 Å². The molecule has 0 aliphatic carbocycles. The number of rotatable bonds is 4. The Bertz CT molecular complexity index is 648. The topological polar surface area (TPSA) is 40.9 Å². The molecule has 1 unspecified atom stereocenters. The van der Waals surface area contributed by atoms with Gasteiger partial charge in [-0.1, -0.05) is 72.5 Å². The number of carbonyl (C=O) groups is 1. The predicted octanol–water partition coefficient (Wildman–Crippen LogP) is 2.60. The molecule has 0 saturated heterocycles. The molecule has 0 N–H and O–H groups in total. The van der Waals surface area contributed by atoms with Gasteiger partial charge in [0.25, 0.3) is 0 Å². The van der Waals surface area contributed by atoms with E-state index in [0.717, 1.165) is 10.6 Å². The summed E-state index contributed by atoms with van der Waals surface area (Å²) in [6, 6.07) is 18.7. The fourth-order valence-electron chi connectivity index (χ4n) is 2.17. The van der Waals surface area contributed by atoms with E-state index in [4.69, 9.17) is 11.8 Å². The van der Waals surface area contributed by atoms with Gasteiger partial charge in [0.1, 0.15) is 5.66 Å². The van der Waals surface area contributed by atoms with Gasteiger partial charge in [-0.3, -0.25) is 4.79 Å².